The van der Waals surface area contributed by atoms with Gasteiger partial charge in [-0.2, -0.15) is 0 Å². The molecule has 1 unspecified atom stereocenters. The molecule has 3 nitrogen and oxygen atoms in total. The van der Waals surface area contributed by atoms with E-state index in [4.69, 9.17) is 15.2 Å². The zero-order chi connectivity index (χ0) is 9.54. The molecule has 0 aromatic heterocycles. The highest BCUT2D eigenvalue weighted by Gasteiger charge is 2.36. The third-order valence-corrected chi connectivity index (χ3v) is 2.98. The number of nitrogens with two attached hydrogens (primary N) is 1. The molecule has 1 aromatic rings. The van der Waals surface area contributed by atoms with E-state index < -0.39 is 0 Å². The van der Waals surface area contributed by atoms with Gasteiger partial charge in [-0.25, -0.2) is 0 Å². The molecule has 2 heterocycles. The van der Waals surface area contributed by atoms with Crippen LogP contribution in [-0.4, -0.2) is 12.7 Å². The first-order valence-corrected chi connectivity index (χ1v) is 4.98. The van der Waals surface area contributed by atoms with Gasteiger partial charge in [0, 0.05) is 5.56 Å². The van der Waals surface area contributed by atoms with Gasteiger partial charge in [0.05, 0.1) is 18.8 Å². The van der Waals surface area contributed by atoms with Crippen molar-refractivity contribution in [1.82, 2.24) is 0 Å². The second-order valence-corrected chi connectivity index (χ2v) is 3.82. The van der Waals surface area contributed by atoms with E-state index in [9.17, 15) is 0 Å². The first-order chi connectivity index (χ1) is 6.86. The minimum atomic E-state index is -0.190. The average molecular weight is 191 g/mol. The van der Waals surface area contributed by atoms with Crippen LogP contribution in [0, 0.1) is 0 Å². The Morgan fingerprint density at radius 3 is 2.86 bits per heavy atom. The lowest BCUT2D eigenvalue weighted by atomic mass is 9.91. The van der Waals surface area contributed by atoms with Crippen LogP contribution in [0.1, 0.15) is 29.9 Å². The highest BCUT2D eigenvalue weighted by atomic mass is 16.7. The Hall–Kier alpha value is -0.900. The number of ether oxygens (including phenoxy) is 2. The normalized spacial score (nSPS) is 35.1. The Morgan fingerprint density at radius 1 is 1.21 bits per heavy atom. The lowest BCUT2D eigenvalue weighted by Crippen LogP contribution is -2.40. The molecule has 3 atom stereocenters. The number of benzene rings is 1. The maximum atomic E-state index is 6.12. The SMILES string of the molecule is NC1c2ccccc2[C@H]2OCC[C@@H]1O2. The van der Waals surface area contributed by atoms with E-state index in [1.165, 1.54) is 5.56 Å². The van der Waals surface area contributed by atoms with Crippen molar-refractivity contribution in [3.8, 4) is 0 Å². The van der Waals surface area contributed by atoms with E-state index in [0.29, 0.717) is 0 Å². The first-order valence-electron chi connectivity index (χ1n) is 4.98. The molecule has 0 amide bonds. The summed E-state index contributed by atoms with van der Waals surface area (Å²) < 4.78 is 11.3. The summed E-state index contributed by atoms with van der Waals surface area (Å²) >= 11 is 0. The quantitative estimate of drug-likeness (QED) is 0.676. The van der Waals surface area contributed by atoms with Gasteiger partial charge in [0.25, 0.3) is 0 Å². The van der Waals surface area contributed by atoms with Crippen LogP contribution >= 0.6 is 0 Å². The van der Waals surface area contributed by atoms with E-state index in [1.807, 2.05) is 18.2 Å². The Bertz CT molecular complexity index is 332. The van der Waals surface area contributed by atoms with Crippen LogP contribution in [0.5, 0.6) is 0 Å². The zero-order valence-electron chi connectivity index (χ0n) is 7.85. The Kier molecular flexibility index (Phi) is 1.83. The summed E-state index contributed by atoms with van der Waals surface area (Å²) in [7, 11) is 0. The van der Waals surface area contributed by atoms with Gasteiger partial charge in [-0.3, -0.25) is 0 Å². The summed E-state index contributed by atoms with van der Waals surface area (Å²) in [6.07, 6.45) is 0.833. The molecule has 2 aliphatic heterocycles. The van der Waals surface area contributed by atoms with Crippen molar-refractivity contribution in [2.45, 2.75) is 24.9 Å². The van der Waals surface area contributed by atoms with Crippen LogP contribution in [0.2, 0.25) is 0 Å². The number of fused-ring (bicyclic) bond motifs is 4. The van der Waals surface area contributed by atoms with Crippen molar-refractivity contribution in [3.63, 3.8) is 0 Å². The highest BCUT2D eigenvalue weighted by molar-refractivity contribution is 5.33. The second kappa shape index (κ2) is 3.05. The third-order valence-electron chi connectivity index (χ3n) is 2.98. The fourth-order valence-electron chi connectivity index (χ4n) is 2.21. The molecular formula is C11H13NO2. The number of hydrogen-bond donors (Lipinski definition) is 1. The maximum absolute atomic E-state index is 6.12. The summed E-state index contributed by atoms with van der Waals surface area (Å²) in [5.74, 6) is 0. The lowest BCUT2D eigenvalue weighted by molar-refractivity contribution is -0.231. The van der Waals surface area contributed by atoms with Crippen molar-refractivity contribution >= 4 is 0 Å². The summed E-state index contributed by atoms with van der Waals surface area (Å²) in [6.45, 7) is 0.747. The Balaban J connectivity index is 2.11. The molecule has 2 aliphatic rings. The molecule has 0 saturated carbocycles. The van der Waals surface area contributed by atoms with Gasteiger partial charge >= 0.3 is 0 Å². The molecule has 74 valence electrons. The van der Waals surface area contributed by atoms with E-state index in [-0.39, 0.29) is 18.4 Å². The fourth-order valence-corrected chi connectivity index (χ4v) is 2.21. The van der Waals surface area contributed by atoms with Gasteiger partial charge in [-0.05, 0) is 12.0 Å². The summed E-state index contributed by atoms with van der Waals surface area (Å²) in [6, 6.07) is 8.11. The van der Waals surface area contributed by atoms with Crippen molar-refractivity contribution in [3.05, 3.63) is 35.4 Å². The van der Waals surface area contributed by atoms with E-state index >= 15 is 0 Å². The zero-order valence-corrected chi connectivity index (χ0v) is 7.85. The van der Waals surface area contributed by atoms with Crippen LogP contribution in [0.25, 0.3) is 0 Å². The van der Waals surface area contributed by atoms with Crippen LogP contribution in [0.15, 0.2) is 24.3 Å². The molecule has 3 rings (SSSR count). The van der Waals surface area contributed by atoms with Crippen molar-refractivity contribution in [2.75, 3.05) is 6.61 Å². The minimum Gasteiger partial charge on any atom is -0.348 e. The monoisotopic (exact) mass is 191 g/mol. The molecule has 0 aliphatic carbocycles. The van der Waals surface area contributed by atoms with Crippen molar-refractivity contribution < 1.29 is 9.47 Å². The average Bonchev–Trinajstić information content (AvgIpc) is 2.27. The third kappa shape index (κ3) is 1.10. The summed E-state index contributed by atoms with van der Waals surface area (Å²) in [5, 5.41) is 0. The first kappa shape index (κ1) is 8.41. The van der Waals surface area contributed by atoms with Gasteiger partial charge in [0.15, 0.2) is 6.29 Å². The summed E-state index contributed by atoms with van der Waals surface area (Å²) in [4.78, 5) is 0. The van der Waals surface area contributed by atoms with Gasteiger partial charge < -0.3 is 15.2 Å². The van der Waals surface area contributed by atoms with Gasteiger partial charge in [0.1, 0.15) is 0 Å². The summed E-state index contributed by atoms with van der Waals surface area (Å²) in [5.41, 5.74) is 8.38. The molecule has 0 radical (unpaired) electrons. The molecule has 2 bridgehead atoms. The van der Waals surface area contributed by atoms with Gasteiger partial charge in [-0.1, -0.05) is 24.3 Å². The molecule has 1 fully saturated rings. The smallest absolute Gasteiger partial charge is 0.184 e. The Labute approximate surface area is 82.8 Å². The highest BCUT2D eigenvalue weighted by Crippen LogP contribution is 2.39. The Morgan fingerprint density at radius 2 is 2.00 bits per heavy atom. The molecular weight excluding hydrogens is 178 g/mol. The topological polar surface area (TPSA) is 44.5 Å². The minimum absolute atomic E-state index is 0.00588. The van der Waals surface area contributed by atoms with Crippen LogP contribution in [-0.2, 0) is 9.47 Å². The van der Waals surface area contributed by atoms with Crippen LogP contribution in [0.4, 0.5) is 0 Å². The molecule has 1 saturated heterocycles. The van der Waals surface area contributed by atoms with Crippen LogP contribution in [0.3, 0.4) is 0 Å². The fraction of sp³-hybridized carbons (Fsp3) is 0.455. The number of hydrogen-bond acceptors (Lipinski definition) is 3. The largest absolute Gasteiger partial charge is 0.348 e. The molecule has 1 aromatic carbocycles. The van der Waals surface area contributed by atoms with E-state index in [2.05, 4.69) is 6.07 Å². The molecule has 2 N–H and O–H groups in total. The molecule has 0 spiro atoms. The second-order valence-electron chi connectivity index (χ2n) is 3.82. The van der Waals surface area contributed by atoms with Gasteiger partial charge in [0.2, 0.25) is 0 Å². The molecule has 3 heteroatoms. The van der Waals surface area contributed by atoms with E-state index in [1.54, 1.807) is 0 Å². The standard InChI is InChI=1S/C11H13NO2/c12-10-7-3-1-2-4-8(7)11-13-6-5-9(10)14-11/h1-4,9-11H,5-6,12H2/t9-,10?,11-/m0/s1. The lowest BCUT2D eigenvalue weighted by Gasteiger charge is -2.40. The van der Waals surface area contributed by atoms with Gasteiger partial charge in [-0.15, -0.1) is 0 Å². The molecule has 14 heavy (non-hydrogen) atoms. The number of rotatable bonds is 0. The van der Waals surface area contributed by atoms with Crippen LogP contribution < -0.4 is 5.73 Å². The van der Waals surface area contributed by atoms with E-state index in [0.717, 1.165) is 18.6 Å². The predicted octanol–water partition coefficient (Wildman–Crippen LogP) is 1.50. The maximum Gasteiger partial charge on any atom is 0.184 e. The van der Waals surface area contributed by atoms with Crippen molar-refractivity contribution in [2.24, 2.45) is 5.73 Å². The van der Waals surface area contributed by atoms with Crippen molar-refractivity contribution in [1.29, 1.82) is 0 Å². The predicted molar refractivity (Wildman–Crippen MR) is 51.6 cm³/mol.